The molecule has 0 aliphatic carbocycles. The summed E-state index contributed by atoms with van der Waals surface area (Å²) in [6.45, 7) is -0.762. The normalized spacial score (nSPS) is 10.4. The molecule has 0 atom stereocenters. The van der Waals surface area contributed by atoms with Gasteiger partial charge in [-0.1, -0.05) is 48.5 Å². The van der Waals surface area contributed by atoms with Crippen LogP contribution in [0.15, 0.2) is 66.7 Å². The second-order valence-corrected chi connectivity index (χ2v) is 5.81. The fourth-order valence-corrected chi connectivity index (χ4v) is 2.56. The van der Waals surface area contributed by atoms with Gasteiger partial charge in [0.2, 0.25) is 0 Å². The lowest BCUT2D eigenvalue weighted by atomic mass is 10.0. The van der Waals surface area contributed by atoms with Crippen LogP contribution >= 0.6 is 0 Å². The Morgan fingerprint density at radius 2 is 1.52 bits per heavy atom. The van der Waals surface area contributed by atoms with Gasteiger partial charge in [-0.3, -0.25) is 9.59 Å². The van der Waals surface area contributed by atoms with E-state index >= 15 is 0 Å². The fourth-order valence-electron chi connectivity index (χ4n) is 2.56. The van der Waals surface area contributed by atoms with Crippen LogP contribution in [0.2, 0.25) is 0 Å². The Bertz CT molecular complexity index is 1010. The van der Waals surface area contributed by atoms with Gasteiger partial charge in [-0.05, 0) is 29.0 Å². The number of para-hydroxylation sites is 1. The highest BCUT2D eigenvalue weighted by Crippen LogP contribution is 2.20. The molecule has 0 aliphatic heterocycles. The number of benzene rings is 3. The minimum atomic E-state index is -0.718. The number of carbonyl (C=O) groups excluding carboxylic acids is 3. The summed E-state index contributed by atoms with van der Waals surface area (Å²) >= 11 is 0. The predicted octanol–water partition coefficient (Wildman–Crippen LogP) is 2.74. The summed E-state index contributed by atoms with van der Waals surface area (Å²) in [5.74, 6) is -1.53. The number of esters is 1. The van der Waals surface area contributed by atoms with Crippen LogP contribution in [0.3, 0.4) is 0 Å². The minimum absolute atomic E-state index is 0.116. The van der Waals surface area contributed by atoms with E-state index in [0.717, 1.165) is 10.8 Å². The number of carbonyl (C=O) groups is 3. The van der Waals surface area contributed by atoms with Gasteiger partial charge in [0.25, 0.3) is 5.91 Å². The van der Waals surface area contributed by atoms with E-state index in [-0.39, 0.29) is 23.7 Å². The van der Waals surface area contributed by atoms with Crippen LogP contribution in [0.4, 0.5) is 0 Å². The van der Waals surface area contributed by atoms with Gasteiger partial charge >= 0.3 is 5.97 Å². The Hall–Kier alpha value is -3.67. The summed E-state index contributed by atoms with van der Waals surface area (Å²) in [4.78, 5) is 35.5. The van der Waals surface area contributed by atoms with E-state index in [0.29, 0.717) is 5.56 Å². The number of hydrogen-bond donors (Lipinski definition) is 1. The van der Waals surface area contributed by atoms with Crippen molar-refractivity contribution >= 4 is 28.4 Å². The van der Waals surface area contributed by atoms with E-state index < -0.39 is 18.5 Å². The number of ketones is 1. The van der Waals surface area contributed by atoms with E-state index in [2.05, 4.69) is 0 Å². The van der Waals surface area contributed by atoms with E-state index in [9.17, 15) is 14.4 Å². The summed E-state index contributed by atoms with van der Waals surface area (Å²) < 4.78 is 10.3. The van der Waals surface area contributed by atoms with Gasteiger partial charge in [-0.2, -0.15) is 0 Å². The molecule has 0 saturated carbocycles. The molecule has 0 radical (unpaired) electrons. The van der Waals surface area contributed by atoms with Crippen molar-refractivity contribution in [3.63, 3.8) is 0 Å². The number of Topliss-reactive ketones (excluding diaryl/α,β-unsaturated/α-hetero) is 1. The molecule has 1 amide bonds. The lowest BCUT2D eigenvalue weighted by Crippen LogP contribution is -2.21. The number of ether oxygens (including phenoxy) is 2. The van der Waals surface area contributed by atoms with Crippen LogP contribution in [0.25, 0.3) is 10.8 Å². The van der Waals surface area contributed by atoms with Gasteiger partial charge in [0, 0.05) is 5.56 Å². The largest absolute Gasteiger partial charge is 0.483 e. The van der Waals surface area contributed by atoms with Gasteiger partial charge in [0.05, 0.1) is 0 Å². The standard InChI is InChI=1S/C21H17NO5/c22-20(24)13-26-19-8-4-3-7-17(19)21(25)27-12-18(23)16-10-9-14-5-1-2-6-15(14)11-16/h1-11H,12-13H2,(H2,22,24). The van der Waals surface area contributed by atoms with Gasteiger partial charge in [0.15, 0.2) is 19.0 Å². The van der Waals surface area contributed by atoms with Gasteiger partial charge in [-0.25, -0.2) is 4.79 Å². The summed E-state index contributed by atoms with van der Waals surface area (Å²) in [5, 5.41) is 1.95. The molecule has 6 nitrogen and oxygen atoms in total. The highest BCUT2D eigenvalue weighted by Gasteiger charge is 2.16. The lowest BCUT2D eigenvalue weighted by Gasteiger charge is -2.10. The van der Waals surface area contributed by atoms with Crippen molar-refractivity contribution in [1.82, 2.24) is 0 Å². The number of hydrogen-bond acceptors (Lipinski definition) is 5. The molecule has 0 aliphatic rings. The number of primary amides is 1. The molecule has 3 rings (SSSR count). The van der Waals surface area contributed by atoms with Gasteiger partial charge in [0.1, 0.15) is 11.3 Å². The van der Waals surface area contributed by atoms with Crippen molar-refractivity contribution in [3.05, 3.63) is 77.9 Å². The smallest absolute Gasteiger partial charge is 0.342 e. The molecule has 0 fully saturated rings. The molecule has 0 unspecified atom stereocenters. The van der Waals surface area contributed by atoms with Crippen molar-refractivity contribution in [2.45, 2.75) is 0 Å². The molecule has 3 aromatic carbocycles. The first-order valence-electron chi connectivity index (χ1n) is 8.24. The molecule has 0 aromatic heterocycles. The molecule has 136 valence electrons. The Morgan fingerprint density at radius 3 is 2.30 bits per heavy atom. The van der Waals surface area contributed by atoms with Gasteiger partial charge in [-0.15, -0.1) is 0 Å². The highest BCUT2D eigenvalue weighted by molar-refractivity contribution is 6.02. The number of rotatable bonds is 7. The third-order valence-electron chi connectivity index (χ3n) is 3.88. The van der Waals surface area contributed by atoms with Crippen LogP contribution in [0.1, 0.15) is 20.7 Å². The highest BCUT2D eigenvalue weighted by atomic mass is 16.5. The summed E-state index contributed by atoms with van der Waals surface area (Å²) in [5.41, 5.74) is 5.62. The molecule has 0 heterocycles. The van der Waals surface area contributed by atoms with E-state index in [1.54, 1.807) is 24.3 Å². The maximum Gasteiger partial charge on any atom is 0.342 e. The molecule has 0 saturated heterocycles. The quantitative estimate of drug-likeness (QED) is 0.514. The van der Waals surface area contributed by atoms with E-state index in [4.69, 9.17) is 15.2 Å². The molecular weight excluding hydrogens is 346 g/mol. The Morgan fingerprint density at radius 1 is 0.815 bits per heavy atom. The Labute approximate surface area is 155 Å². The number of amides is 1. The lowest BCUT2D eigenvalue weighted by molar-refractivity contribution is -0.119. The zero-order chi connectivity index (χ0) is 19.2. The number of fused-ring (bicyclic) bond motifs is 1. The first-order valence-corrected chi connectivity index (χ1v) is 8.24. The minimum Gasteiger partial charge on any atom is -0.483 e. The number of nitrogens with two attached hydrogens (primary N) is 1. The van der Waals surface area contributed by atoms with E-state index in [1.807, 2.05) is 30.3 Å². The molecule has 0 bridgehead atoms. The summed E-state index contributed by atoms with van der Waals surface area (Å²) in [6.07, 6.45) is 0. The van der Waals surface area contributed by atoms with Crippen molar-refractivity contribution in [1.29, 1.82) is 0 Å². The van der Waals surface area contributed by atoms with Crippen molar-refractivity contribution in [2.24, 2.45) is 5.73 Å². The summed E-state index contributed by atoms with van der Waals surface area (Å²) in [6, 6.07) is 19.2. The zero-order valence-electron chi connectivity index (χ0n) is 14.4. The molecular formula is C21H17NO5. The first-order chi connectivity index (χ1) is 13.0. The third kappa shape index (κ3) is 4.49. The molecule has 27 heavy (non-hydrogen) atoms. The van der Waals surface area contributed by atoms with Crippen LogP contribution in [0, 0.1) is 0 Å². The monoisotopic (exact) mass is 363 g/mol. The fraction of sp³-hybridized carbons (Fsp3) is 0.0952. The Balaban J connectivity index is 1.68. The van der Waals surface area contributed by atoms with Crippen LogP contribution in [-0.4, -0.2) is 30.9 Å². The summed E-state index contributed by atoms with van der Waals surface area (Å²) in [7, 11) is 0. The average Bonchev–Trinajstić information content (AvgIpc) is 2.70. The molecule has 6 heteroatoms. The topological polar surface area (TPSA) is 95.7 Å². The molecule has 3 aromatic rings. The Kier molecular flexibility index (Phi) is 5.47. The maximum absolute atomic E-state index is 12.4. The third-order valence-corrected chi connectivity index (χ3v) is 3.88. The maximum atomic E-state index is 12.4. The average molecular weight is 363 g/mol. The van der Waals surface area contributed by atoms with Crippen molar-refractivity contribution < 1.29 is 23.9 Å². The predicted molar refractivity (Wildman–Crippen MR) is 99.7 cm³/mol. The second kappa shape index (κ2) is 8.14. The van der Waals surface area contributed by atoms with Gasteiger partial charge < -0.3 is 15.2 Å². The van der Waals surface area contributed by atoms with Crippen LogP contribution in [-0.2, 0) is 9.53 Å². The zero-order valence-corrected chi connectivity index (χ0v) is 14.4. The van der Waals surface area contributed by atoms with E-state index in [1.165, 1.54) is 12.1 Å². The van der Waals surface area contributed by atoms with Crippen molar-refractivity contribution in [2.75, 3.05) is 13.2 Å². The van der Waals surface area contributed by atoms with Crippen molar-refractivity contribution in [3.8, 4) is 5.75 Å². The SMILES string of the molecule is NC(=O)COc1ccccc1C(=O)OCC(=O)c1ccc2ccccc2c1. The van der Waals surface area contributed by atoms with Crippen LogP contribution in [0.5, 0.6) is 5.75 Å². The first kappa shape index (κ1) is 18.1. The molecule has 0 spiro atoms. The second-order valence-electron chi connectivity index (χ2n) is 5.81. The molecule has 2 N–H and O–H groups in total. The van der Waals surface area contributed by atoms with Crippen LogP contribution < -0.4 is 10.5 Å².